The van der Waals surface area contributed by atoms with Gasteiger partial charge in [0.1, 0.15) is 0 Å². The molecule has 1 aromatic carbocycles. The molecule has 1 aliphatic heterocycles. The van der Waals surface area contributed by atoms with Gasteiger partial charge in [-0.1, -0.05) is 18.9 Å². The van der Waals surface area contributed by atoms with Gasteiger partial charge in [-0.05, 0) is 43.4 Å². The number of hydrogen-bond donors (Lipinski definition) is 1. The van der Waals surface area contributed by atoms with Crippen LogP contribution in [0.25, 0.3) is 0 Å². The van der Waals surface area contributed by atoms with Crippen molar-refractivity contribution in [2.24, 2.45) is 5.73 Å². The minimum absolute atomic E-state index is 0.195. The van der Waals surface area contributed by atoms with Gasteiger partial charge in [-0.25, -0.2) is 0 Å². The van der Waals surface area contributed by atoms with Crippen molar-refractivity contribution in [3.63, 3.8) is 0 Å². The van der Waals surface area contributed by atoms with Crippen LogP contribution in [-0.4, -0.2) is 12.3 Å². The van der Waals surface area contributed by atoms with Gasteiger partial charge in [-0.3, -0.25) is 0 Å². The Morgan fingerprint density at radius 2 is 1.65 bits per heavy atom. The minimum Gasteiger partial charge on any atom is -0.448 e. The van der Waals surface area contributed by atoms with E-state index in [1.807, 2.05) is 0 Å². The summed E-state index contributed by atoms with van der Waals surface area (Å²) in [7, 11) is 0. The molecule has 108 valence electrons. The van der Waals surface area contributed by atoms with E-state index in [2.05, 4.69) is 18.2 Å². The van der Waals surface area contributed by atoms with Gasteiger partial charge in [0.25, 0.3) is 5.79 Å². The second kappa shape index (κ2) is 4.39. The molecule has 2 aliphatic carbocycles. The van der Waals surface area contributed by atoms with Crippen LogP contribution in [0.1, 0.15) is 56.9 Å². The number of benzene rings is 1. The van der Waals surface area contributed by atoms with Crippen molar-refractivity contribution < 1.29 is 9.47 Å². The molecule has 1 aromatic rings. The van der Waals surface area contributed by atoms with E-state index >= 15 is 0 Å². The Morgan fingerprint density at radius 1 is 0.900 bits per heavy atom. The van der Waals surface area contributed by atoms with Gasteiger partial charge >= 0.3 is 0 Å². The van der Waals surface area contributed by atoms with Gasteiger partial charge < -0.3 is 15.2 Å². The predicted molar refractivity (Wildman–Crippen MR) is 78.1 cm³/mol. The molecule has 3 nitrogen and oxygen atoms in total. The van der Waals surface area contributed by atoms with Crippen molar-refractivity contribution in [3.05, 3.63) is 23.8 Å². The minimum atomic E-state index is -0.366. The Bertz CT molecular complexity index is 510. The van der Waals surface area contributed by atoms with Gasteiger partial charge in [0.15, 0.2) is 11.5 Å². The lowest BCUT2D eigenvalue weighted by Crippen LogP contribution is -2.41. The van der Waals surface area contributed by atoms with Crippen LogP contribution in [0.4, 0.5) is 0 Å². The van der Waals surface area contributed by atoms with Gasteiger partial charge in [-0.15, -0.1) is 0 Å². The van der Waals surface area contributed by atoms with Crippen LogP contribution in [0, 0.1) is 0 Å². The average Bonchev–Trinajstić information content (AvgIpc) is 2.76. The maximum absolute atomic E-state index is 6.22. The van der Waals surface area contributed by atoms with E-state index < -0.39 is 0 Å². The largest absolute Gasteiger partial charge is 0.448 e. The molecule has 1 spiro atoms. The summed E-state index contributed by atoms with van der Waals surface area (Å²) < 4.78 is 12.4. The predicted octanol–water partition coefficient (Wildman–Crippen LogP) is 3.50. The molecule has 3 heteroatoms. The Hall–Kier alpha value is -1.22. The molecule has 2 fully saturated rings. The highest BCUT2D eigenvalue weighted by atomic mass is 16.7. The molecule has 4 rings (SSSR count). The topological polar surface area (TPSA) is 44.5 Å². The van der Waals surface area contributed by atoms with Crippen LogP contribution in [0.2, 0.25) is 0 Å². The maximum Gasteiger partial charge on any atom is 0.251 e. The monoisotopic (exact) mass is 273 g/mol. The van der Waals surface area contributed by atoms with Crippen LogP contribution in [0.3, 0.4) is 0 Å². The van der Waals surface area contributed by atoms with E-state index in [9.17, 15) is 0 Å². The van der Waals surface area contributed by atoms with E-state index in [-0.39, 0.29) is 11.2 Å². The summed E-state index contributed by atoms with van der Waals surface area (Å²) in [5.74, 6) is 1.49. The molecule has 1 heterocycles. The number of rotatable bonds is 2. The van der Waals surface area contributed by atoms with Crippen molar-refractivity contribution in [2.75, 3.05) is 6.54 Å². The van der Waals surface area contributed by atoms with Crippen LogP contribution < -0.4 is 15.2 Å². The first kappa shape index (κ1) is 12.5. The fraction of sp³-hybridized carbons (Fsp3) is 0.647. The van der Waals surface area contributed by atoms with Crippen molar-refractivity contribution in [1.82, 2.24) is 0 Å². The molecule has 20 heavy (non-hydrogen) atoms. The first-order valence-electron chi connectivity index (χ1n) is 7.98. The highest BCUT2D eigenvalue weighted by molar-refractivity contribution is 5.48. The second-order valence-electron chi connectivity index (χ2n) is 6.67. The highest BCUT2D eigenvalue weighted by Crippen LogP contribution is 2.49. The molecule has 0 unspecified atom stereocenters. The number of nitrogens with two attached hydrogens (primary N) is 1. The third-order valence-corrected chi connectivity index (χ3v) is 5.46. The molecular formula is C17H23NO2. The summed E-state index contributed by atoms with van der Waals surface area (Å²) in [5, 5.41) is 0. The lowest BCUT2D eigenvalue weighted by atomic mass is 9.64. The summed E-state index contributed by atoms with van der Waals surface area (Å²) in [6, 6.07) is 6.46. The molecule has 0 radical (unpaired) electrons. The van der Waals surface area contributed by atoms with Crippen molar-refractivity contribution in [3.8, 4) is 11.5 Å². The smallest absolute Gasteiger partial charge is 0.251 e. The van der Waals surface area contributed by atoms with Crippen LogP contribution >= 0.6 is 0 Å². The van der Waals surface area contributed by atoms with Crippen LogP contribution in [-0.2, 0) is 5.41 Å². The van der Waals surface area contributed by atoms with E-state index in [4.69, 9.17) is 15.2 Å². The zero-order chi connectivity index (χ0) is 13.6. The van der Waals surface area contributed by atoms with Gasteiger partial charge in [-0.2, -0.15) is 0 Å². The van der Waals surface area contributed by atoms with Gasteiger partial charge in [0, 0.05) is 24.8 Å². The summed E-state index contributed by atoms with van der Waals surface area (Å²) in [6.45, 7) is 0.734. The molecule has 3 aliphatic rings. The quantitative estimate of drug-likeness (QED) is 0.897. The molecule has 0 saturated heterocycles. The molecule has 0 atom stereocenters. The summed E-state index contributed by atoms with van der Waals surface area (Å²) in [6.07, 6.45) is 9.42. The van der Waals surface area contributed by atoms with Crippen LogP contribution in [0.5, 0.6) is 11.5 Å². The summed E-state index contributed by atoms with van der Waals surface area (Å²) in [4.78, 5) is 0. The lowest BCUT2D eigenvalue weighted by molar-refractivity contribution is -0.105. The van der Waals surface area contributed by atoms with E-state index in [1.54, 1.807) is 0 Å². The molecule has 0 bridgehead atoms. The number of ether oxygens (including phenoxy) is 2. The van der Waals surface area contributed by atoms with Crippen LogP contribution in [0.15, 0.2) is 18.2 Å². The standard InChI is InChI=1S/C17H23NO2/c18-12-16(7-4-8-16)13-5-6-14-15(11-13)20-17(19-14)9-2-1-3-10-17/h5-6,11H,1-4,7-10,12,18H2. The molecular weight excluding hydrogens is 250 g/mol. The zero-order valence-electron chi connectivity index (χ0n) is 12.0. The molecule has 2 N–H and O–H groups in total. The van der Waals surface area contributed by atoms with Gasteiger partial charge in [0.05, 0.1) is 0 Å². The Labute approximate surface area is 120 Å². The summed E-state index contributed by atoms with van der Waals surface area (Å²) >= 11 is 0. The first-order chi connectivity index (χ1) is 9.75. The van der Waals surface area contributed by atoms with E-state index in [0.29, 0.717) is 0 Å². The molecule has 2 saturated carbocycles. The first-order valence-corrected chi connectivity index (χ1v) is 7.98. The summed E-state index contributed by atoms with van der Waals surface area (Å²) in [5.41, 5.74) is 7.54. The van der Waals surface area contributed by atoms with Crippen molar-refractivity contribution in [1.29, 1.82) is 0 Å². The Morgan fingerprint density at radius 3 is 2.30 bits per heavy atom. The fourth-order valence-electron chi connectivity index (χ4n) is 3.93. The van der Waals surface area contributed by atoms with E-state index in [0.717, 1.165) is 30.9 Å². The third kappa shape index (κ3) is 1.76. The number of fused-ring (bicyclic) bond motifs is 1. The van der Waals surface area contributed by atoms with Crippen molar-refractivity contribution >= 4 is 0 Å². The Kier molecular flexibility index (Phi) is 2.75. The highest BCUT2D eigenvalue weighted by Gasteiger charge is 2.44. The van der Waals surface area contributed by atoms with Gasteiger partial charge in [0.2, 0.25) is 0 Å². The normalized spacial score (nSPS) is 25.4. The van der Waals surface area contributed by atoms with Crippen molar-refractivity contribution in [2.45, 2.75) is 62.6 Å². The SMILES string of the molecule is NCC1(c2ccc3c(c2)OC2(CCCCC2)O3)CCC1. The molecule has 0 amide bonds. The fourth-order valence-corrected chi connectivity index (χ4v) is 3.93. The lowest BCUT2D eigenvalue weighted by Gasteiger charge is -2.41. The second-order valence-corrected chi connectivity index (χ2v) is 6.67. The Balaban J connectivity index is 1.63. The third-order valence-electron chi connectivity index (χ3n) is 5.46. The zero-order valence-corrected chi connectivity index (χ0v) is 12.0. The average molecular weight is 273 g/mol. The van der Waals surface area contributed by atoms with E-state index in [1.165, 1.54) is 44.1 Å². The maximum atomic E-state index is 6.22. The number of hydrogen-bond acceptors (Lipinski definition) is 3. The molecule has 0 aromatic heterocycles.